The second-order valence-corrected chi connectivity index (χ2v) is 3.97. The zero-order valence-corrected chi connectivity index (χ0v) is 11.3. The number of hydrogen-bond acceptors (Lipinski definition) is 4. The summed E-state index contributed by atoms with van der Waals surface area (Å²) in [6, 6.07) is 5.17. The summed E-state index contributed by atoms with van der Waals surface area (Å²) in [6.45, 7) is 5.18. The Balaban J connectivity index is 2.54. The fraction of sp³-hybridized carbons (Fsp3) is 0.462. The van der Waals surface area contributed by atoms with Crippen LogP contribution in [0.25, 0.3) is 0 Å². The Labute approximate surface area is 113 Å². The number of hydrogen-bond donors (Lipinski definition) is 3. The Morgan fingerprint density at radius 2 is 2.00 bits per heavy atom. The van der Waals surface area contributed by atoms with Crippen molar-refractivity contribution in [1.29, 1.82) is 0 Å². The van der Waals surface area contributed by atoms with Crippen LogP contribution in [-0.2, 0) is 4.79 Å². The topological polar surface area (TPSA) is 83.1 Å². The molecular formula is C13H20N4O2. The molecule has 0 radical (unpaired) electrons. The molecule has 104 valence electrons. The number of pyridine rings is 1. The van der Waals surface area contributed by atoms with Gasteiger partial charge in [0.25, 0.3) is 5.91 Å². The van der Waals surface area contributed by atoms with Crippen molar-refractivity contribution in [3.63, 3.8) is 0 Å². The van der Waals surface area contributed by atoms with Crippen LogP contribution in [0.2, 0.25) is 0 Å². The van der Waals surface area contributed by atoms with Gasteiger partial charge in [0.05, 0.1) is 6.54 Å². The number of nitrogens with one attached hydrogen (secondary N) is 3. The van der Waals surface area contributed by atoms with Crippen LogP contribution in [0.15, 0.2) is 18.2 Å². The van der Waals surface area contributed by atoms with E-state index >= 15 is 0 Å². The van der Waals surface area contributed by atoms with Gasteiger partial charge < -0.3 is 16.0 Å². The molecule has 1 aromatic heterocycles. The van der Waals surface area contributed by atoms with Gasteiger partial charge in [0.1, 0.15) is 11.5 Å². The standard InChI is InChI=1S/C13H20N4O2/c1-3-8-15-11-7-5-6-10(17-11)13(19)16-9-12(18)14-4-2/h5-7H,3-4,8-9H2,1-2H3,(H,14,18)(H,15,17)(H,16,19). The zero-order chi connectivity index (χ0) is 14.1. The third kappa shape index (κ3) is 5.37. The number of likely N-dealkylation sites (N-methyl/N-ethyl adjacent to an activating group) is 1. The second-order valence-electron chi connectivity index (χ2n) is 3.97. The lowest BCUT2D eigenvalue weighted by atomic mass is 10.3. The molecule has 0 fully saturated rings. The highest BCUT2D eigenvalue weighted by Gasteiger charge is 2.09. The normalized spacial score (nSPS) is 9.79. The minimum absolute atomic E-state index is 0.0407. The van der Waals surface area contributed by atoms with E-state index in [9.17, 15) is 9.59 Å². The molecule has 0 unspecified atom stereocenters. The van der Waals surface area contributed by atoms with E-state index in [4.69, 9.17) is 0 Å². The van der Waals surface area contributed by atoms with Gasteiger partial charge in [0, 0.05) is 13.1 Å². The molecule has 1 aromatic rings. The molecule has 6 heteroatoms. The second kappa shape index (κ2) is 8.07. The summed E-state index contributed by atoms with van der Waals surface area (Å²) in [6.07, 6.45) is 0.981. The van der Waals surface area contributed by atoms with E-state index < -0.39 is 0 Å². The minimum Gasteiger partial charge on any atom is -0.370 e. The first-order chi connectivity index (χ1) is 9.17. The molecule has 0 atom stereocenters. The Morgan fingerprint density at radius 1 is 1.21 bits per heavy atom. The fourth-order valence-corrected chi connectivity index (χ4v) is 1.42. The number of carbonyl (C=O) groups excluding carboxylic acids is 2. The summed E-state index contributed by atoms with van der Waals surface area (Å²) in [5.41, 5.74) is 0.297. The first-order valence-corrected chi connectivity index (χ1v) is 6.43. The molecule has 2 amide bonds. The van der Waals surface area contributed by atoms with Crippen molar-refractivity contribution < 1.29 is 9.59 Å². The molecule has 1 heterocycles. The van der Waals surface area contributed by atoms with Gasteiger partial charge in [-0.05, 0) is 25.5 Å². The van der Waals surface area contributed by atoms with Gasteiger partial charge in [0.15, 0.2) is 0 Å². The number of carbonyl (C=O) groups is 2. The maximum absolute atomic E-state index is 11.8. The third-order valence-corrected chi connectivity index (χ3v) is 2.32. The predicted octanol–water partition coefficient (Wildman–Crippen LogP) is 0.769. The van der Waals surface area contributed by atoms with Gasteiger partial charge in [-0.3, -0.25) is 9.59 Å². The highest BCUT2D eigenvalue weighted by Crippen LogP contribution is 2.04. The van der Waals surface area contributed by atoms with Gasteiger partial charge in [-0.15, -0.1) is 0 Å². The molecule has 0 bridgehead atoms. The number of amides is 2. The quantitative estimate of drug-likeness (QED) is 0.679. The molecule has 0 aliphatic rings. The summed E-state index contributed by atoms with van der Waals surface area (Å²) in [7, 11) is 0. The van der Waals surface area contributed by atoms with Gasteiger partial charge in [-0.2, -0.15) is 0 Å². The first-order valence-electron chi connectivity index (χ1n) is 6.43. The Morgan fingerprint density at radius 3 is 2.68 bits per heavy atom. The Bertz CT molecular complexity index is 434. The van der Waals surface area contributed by atoms with Crippen molar-refractivity contribution in [2.24, 2.45) is 0 Å². The van der Waals surface area contributed by atoms with E-state index in [1.54, 1.807) is 18.2 Å². The summed E-state index contributed by atoms with van der Waals surface area (Å²) in [5.74, 6) is 0.0926. The summed E-state index contributed by atoms with van der Waals surface area (Å²) in [5, 5.41) is 8.24. The maximum atomic E-state index is 11.8. The van der Waals surface area contributed by atoms with E-state index in [1.165, 1.54) is 0 Å². The largest absolute Gasteiger partial charge is 0.370 e. The molecule has 0 saturated heterocycles. The van der Waals surface area contributed by atoms with Crippen LogP contribution in [0.3, 0.4) is 0 Å². The van der Waals surface area contributed by atoms with E-state index in [0.717, 1.165) is 13.0 Å². The molecular weight excluding hydrogens is 244 g/mol. The highest BCUT2D eigenvalue weighted by molar-refractivity contribution is 5.95. The van der Waals surface area contributed by atoms with Gasteiger partial charge in [0.2, 0.25) is 5.91 Å². The third-order valence-electron chi connectivity index (χ3n) is 2.32. The number of rotatable bonds is 7. The van der Waals surface area contributed by atoms with E-state index in [2.05, 4.69) is 27.9 Å². The molecule has 1 rings (SSSR count). The van der Waals surface area contributed by atoms with Crippen LogP contribution in [0.5, 0.6) is 0 Å². The molecule has 6 nitrogen and oxygen atoms in total. The zero-order valence-electron chi connectivity index (χ0n) is 11.3. The van der Waals surface area contributed by atoms with Crippen LogP contribution in [0.1, 0.15) is 30.8 Å². The van der Waals surface area contributed by atoms with Gasteiger partial charge in [-0.25, -0.2) is 4.98 Å². The van der Waals surface area contributed by atoms with E-state index in [-0.39, 0.29) is 18.4 Å². The molecule has 19 heavy (non-hydrogen) atoms. The fourth-order valence-electron chi connectivity index (χ4n) is 1.42. The van der Waals surface area contributed by atoms with Crippen LogP contribution >= 0.6 is 0 Å². The van der Waals surface area contributed by atoms with Crippen molar-refractivity contribution in [1.82, 2.24) is 15.6 Å². The van der Waals surface area contributed by atoms with Crippen molar-refractivity contribution in [3.05, 3.63) is 23.9 Å². The van der Waals surface area contributed by atoms with Gasteiger partial charge >= 0.3 is 0 Å². The lowest BCUT2D eigenvalue weighted by molar-refractivity contribution is -0.120. The van der Waals surface area contributed by atoms with Crippen LogP contribution in [0.4, 0.5) is 5.82 Å². The molecule has 0 aromatic carbocycles. The summed E-state index contributed by atoms with van der Waals surface area (Å²) >= 11 is 0. The Hall–Kier alpha value is -2.11. The van der Waals surface area contributed by atoms with Crippen LogP contribution in [-0.4, -0.2) is 36.4 Å². The molecule has 0 saturated carbocycles. The highest BCUT2D eigenvalue weighted by atomic mass is 16.2. The van der Waals surface area contributed by atoms with E-state index in [0.29, 0.717) is 18.1 Å². The SMILES string of the molecule is CCCNc1cccc(C(=O)NCC(=O)NCC)n1. The summed E-state index contributed by atoms with van der Waals surface area (Å²) in [4.78, 5) is 27.2. The first kappa shape index (κ1) is 14.9. The van der Waals surface area contributed by atoms with Crippen molar-refractivity contribution in [2.45, 2.75) is 20.3 Å². The lowest BCUT2D eigenvalue weighted by Gasteiger charge is -2.07. The molecule has 0 aliphatic carbocycles. The average molecular weight is 264 g/mol. The van der Waals surface area contributed by atoms with Crippen LogP contribution < -0.4 is 16.0 Å². The van der Waals surface area contributed by atoms with Gasteiger partial charge in [-0.1, -0.05) is 13.0 Å². The molecule has 3 N–H and O–H groups in total. The maximum Gasteiger partial charge on any atom is 0.270 e. The van der Waals surface area contributed by atoms with Crippen LogP contribution in [0, 0.1) is 0 Å². The molecule has 0 aliphatic heterocycles. The average Bonchev–Trinajstić information content (AvgIpc) is 2.43. The summed E-state index contributed by atoms with van der Waals surface area (Å²) < 4.78 is 0. The Kier molecular flexibility index (Phi) is 6.35. The number of anilines is 1. The lowest BCUT2D eigenvalue weighted by Crippen LogP contribution is -2.37. The number of aromatic nitrogens is 1. The minimum atomic E-state index is -0.355. The smallest absolute Gasteiger partial charge is 0.270 e. The predicted molar refractivity (Wildman–Crippen MR) is 74.0 cm³/mol. The molecule has 0 spiro atoms. The van der Waals surface area contributed by atoms with Crippen molar-refractivity contribution in [3.8, 4) is 0 Å². The van der Waals surface area contributed by atoms with E-state index in [1.807, 2.05) is 6.92 Å². The number of nitrogens with zero attached hydrogens (tertiary/aromatic N) is 1. The van der Waals surface area contributed by atoms with Crippen molar-refractivity contribution >= 4 is 17.6 Å². The monoisotopic (exact) mass is 264 g/mol. The van der Waals surface area contributed by atoms with Crippen molar-refractivity contribution in [2.75, 3.05) is 25.0 Å².